The third-order valence-electron chi connectivity index (χ3n) is 3.31. The van der Waals surface area contributed by atoms with Crippen molar-refractivity contribution in [2.24, 2.45) is 5.73 Å². The van der Waals surface area contributed by atoms with Gasteiger partial charge in [0.2, 0.25) is 0 Å². The van der Waals surface area contributed by atoms with Gasteiger partial charge in [-0.05, 0) is 39.0 Å². The molecule has 0 aliphatic heterocycles. The van der Waals surface area contributed by atoms with Crippen LogP contribution in [-0.4, -0.2) is 22.0 Å². The van der Waals surface area contributed by atoms with E-state index in [-0.39, 0.29) is 0 Å². The Kier molecular flexibility index (Phi) is 4.53. The number of hydrogen-bond donors (Lipinski definition) is 1. The molecule has 0 unspecified atom stereocenters. The molecule has 0 saturated carbocycles. The van der Waals surface area contributed by atoms with E-state index in [0.717, 1.165) is 34.0 Å². The number of nitrogens with two attached hydrogens (primary N) is 1. The van der Waals surface area contributed by atoms with Crippen LogP contribution in [0.25, 0.3) is 0 Å². The average molecular weight is 300 g/mol. The Balaban J connectivity index is 2.39. The van der Waals surface area contributed by atoms with Crippen molar-refractivity contribution in [1.29, 1.82) is 0 Å². The molecule has 110 valence electrons. The van der Waals surface area contributed by atoms with Crippen molar-refractivity contribution < 1.29 is 0 Å². The molecule has 2 aromatic heterocycles. The van der Waals surface area contributed by atoms with Gasteiger partial charge in [-0.2, -0.15) is 0 Å². The molecule has 5 heteroatoms. The molecular weight excluding hydrogens is 280 g/mol. The predicted molar refractivity (Wildman–Crippen MR) is 90.7 cm³/mol. The number of thiocarbonyl (C=S) groups is 1. The fourth-order valence-electron chi connectivity index (χ4n) is 2.43. The number of rotatable bonds is 4. The smallest absolute Gasteiger partial charge is 0.107 e. The van der Waals surface area contributed by atoms with Crippen LogP contribution in [-0.2, 0) is 6.54 Å². The van der Waals surface area contributed by atoms with Crippen molar-refractivity contribution in [2.45, 2.75) is 27.3 Å². The molecule has 2 heterocycles. The van der Waals surface area contributed by atoms with E-state index in [9.17, 15) is 0 Å². The Morgan fingerprint density at radius 3 is 2.52 bits per heavy atom. The molecule has 0 aliphatic rings. The van der Waals surface area contributed by atoms with E-state index in [2.05, 4.69) is 14.9 Å². The maximum absolute atomic E-state index is 5.87. The minimum atomic E-state index is 0.374. The molecule has 4 nitrogen and oxygen atoms in total. The van der Waals surface area contributed by atoms with Crippen molar-refractivity contribution in [3.8, 4) is 0 Å². The minimum absolute atomic E-state index is 0.374. The Labute approximate surface area is 131 Å². The average Bonchev–Trinajstić information content (AvgIpc) is 2.37. The standard InChI is InChI=1S/C16H20N4S/c1-10-6-5-7-13(19-10)9-20(4)14-8-11(2)18-12(3)15(14)16(17)21/h5-8H,9H2,1-4H3,(H2,17,21). The lowest BCUT2D eigenvalue weighted by atomic mass is 10.1. The molecule has 0 aliphatic carbocycles. The van der Waals surface area contributed by atoms with Crippen LogP contribution >= 0.6 is 12.2 Å². The number of pyridine rings is 2. The zero-order valence-electron chi connectivity index (χ0n) is 12.8. The van der Waals surface area contributed by atoms with Crippen molar-refractivity contribution in [3.05, 3.63) is 52.6 Å². The molecule has 0 saturated heterocycles. The molecule has 0 fully saturated rings. The van der Waals surface area contributed by atoms with Gasteiger partial charge in [0.25, 0.3) is 0 Å². The molecule has 0 amide bonds. The molecule has 0 bridgehead atoms. The summed E-state index contributed by atoms with van der Waals surface area (Å²) >= 11 is 5.18. The topological polar surface area (TPSA) is 55.0 Å². The lowest BCUT2D eigenvalue weighted by molar-refractivity contribution is 0.870. The highest BCUT2D eigenvalue weighted by Crippen LogP contribution is 2.24. The molecule has 2 aromatic rings. The van der Waals surface area contributed by atoms with Gasteiger partial charge in [-0.25, -0.2) is 0 Å². The zero-order chi connectivity index (χ0) is 15.6. The van der Waals surface area contributed by atoms with Crippen LogP contribution in [0.3, 0.4) is 0 Å². The van der Waals surface area contributed by atoms with Gasteiger partial charge in [-0.1, -0.05) is 18.3 Å². The van der Waals surface area contributed by atoms with E-state index in [1.807, 2.05) is 52.1 Å². The summed E-state index contributed by atoms with van der Waals surface area (Å²) in [6.45, 7) is 6.59. The summed E-state index contributed by atoms with van der Waals surface area (Å²) in [6.07, 6.45) is 0. The predicted octanol–water partition coefficient (Wildman–Crippen LogP) is 2.67. The second kappa shape index (κ2) is 6.18. The van der Waals surface area contributed by atoms with Crippen LogP contribution in [0.5, 0.6) is 0 Å². The van der Waals surface area contributed by atoms with E-state index in [1.54, 1.807) is 0 Å². The van der Waals surface area contributed by atoms with Gasteiger partial charge >= 0.3 is 0 Å². The van der Waals surface area contributed by atoms with E-state index < -0.39 is 0 Å². The molecule has 0 radical (unpaired) electrons. The summed E-state index contributed by atoms with van der Waals surface area (Å²) < 4.78 is 0. The largest absolute Gasteiger partial charge is 0.389 e. The van der Waals surface area contributed by atoms with Gasteiger partial charge in [0, 0.05) is 24.1 Å². The second-order valence-corrected chi connectivity index (χ2v) is 5.67. The molecule has 0 spiro atoms. The number of aromatic nitrogens is 2. The summed E-state index contributed by atoms with van der Waals surface area (Å²) in [5.41, 5.74) is 11.5. The normalized spacial score (nSPS) is 10.5. The van der Waals surface area contributed by atoms with Gasteiger partial charge in [0.1, 0.15) is 4.99 Å². The maximum atomic E-state index is 5.87. The highest BCUT2D eigenvalue weighted by molar-refractivity contribution is 7.80. The van der Waals surface area contributed by atoms with Gasteiger partial charge in [0.15, 0.2) is 0 Å². The first kappa shape index (κ1) is 15.4. The first-order valence-electron chi connectivity index (χ1n) is 6.80. The lowest BCUT2D eigenvalue weighted by Crippen LogP contribution is -2.23. The summed E-state index contributed by atoms with van der Waals surface area (Å²) in [4.78, 5) is 11.5. The Morgan fingerprint density at radius 2 is 1.90 bits per heavy atom. The molecule has 2 rings (SSSR count). The maximum Gasteiger partial charge on any atom is 0.107 e. The van der Waals surface area contributed by atoms with E-state index in [0.29, 0.717) is 11.5 Å². The summed E-state index contributed by atoms with van der Waals surface area (Å²) in [7, 11) is 2.01. The third-order valence-corrected chi connectivity index (χ3v) is 3.51. The van der Waals surface area contributed by atoms with Crippen LogP contribution < -0.4 is 10.6 Å². The minimum Gasteiger partial charge on any atom is -0.389 e. The number of anilines is 1. The van der Waals surface area contributed by atoms with Crippen LogP contribution in [0.4, 0.5) is 5.69 Å². The summed E-state index contributed by atoms with van der Waals surface area (Å²) in [5.74, 6) is 0. The van der Waals surface area contributed by atoms with Gasteiger partial charge in [0.05, 0.1) is 23.5 Å². The fraction of sp³-hybridized carbons (Fsp3) is 0.312. The number of aryl methyl sites for hydroxylation is 3. The first-order valence-corrected chi connectivity index (χ1v) is 7.21. The van der Waals surface area contributed by atoms with Crippen molar-refractivity contribution in [1.82, 2.24) is 9.97 Å². The van der Waals surface area contributed by atoms with Crippen molar-refractivity contribution >= 4 is 22.9 Å². The van der Waals surface area contributed by atoms with Crippen molar-refractivity contribution in [3.63, 3.8) is 0 Å². The molecule has 0 aromatic carbocycles. The van der Waals surface area contributed by atoms with E-state index in [4.69, 9.17) is 18.0 Å². The molecule has 21 heavy (non-hydrogen) atoms. The molecule has 2 N–H and O–H groups in total. The van der Waals surface area contributed by atoms with Gasteiger partial charge in [-0.15, -0.1) is 0 Å². The monoisotopic (exact) mass is 300 g/mol. The summed E-state index contributed by atoms with van der Waals surface area (Å²) in [5, 5.41) is 0. The van der Waals surface area contributed by atoms with E-state index >= 15 is 0 Å². The zero-order valence-corrected chi connectivity index (χ0v) is 13.7. The van der Waals surface area contributed by atoms with Crippen molar-refractivity contribution in [2.75, 3.05) is 11.9 Å². The van der Waals surface area contributed by atoms with Gasteiger partial charge < -0.3 is 10.6 Å². The second-order valence-electron chi connectivity index (χ2n) is 5.23. The number of nitrogens with zero attached hydrogens (tertiary/aromatic N) is 3. The lowest BCUT2D eigenvalue weighted by Gasteiger charge is -2.23. The highest BCUT2D eigenvalue weighted by atomic mass is 32.1. The van der Waals surface area contributed by atoms with Crippen LogP contribution in [0, 0.1) is 20.8 Å². The van der Waals surface area contributed by atoms with Crippen LogP contribution in [0.15, 0.2) is 24.3 Å². The highest BCUT2D eigenvalue weighted by Gasteiger charge is 2.15. The van der Waals surface area contributed by atoms with Gasteiger partial charge in [-0.3, -0.25) is 9.97 Å². The first-order chi connectivity index (χ1) is 9.88. The Morgan fingerprint density at radius 1 is 1.19 bits per heavy atom. The summed E-state index contributed by atoms with van der Waals surface area (Å²) in [6, 6.07) is 8.04. The Bertz CT molecular complexity index is 682. The quantitative estimate of drug-likeness (QED) is 0.880. The third kappa shape index (κ3) is 3.55. The fourth-order valence-corrected chi connectivity index (χ4v) is 2.68. The van der Waals surface area contributed by atoms with Crippen LogP contribution in [0.2, 0.25) is 0 Å². The molecular formula is C16H20N4S. The van der Waals surface area contributed by atoms with Crippen LogP contribution in [0.1, 0.15) is 28.3 Å². The van der Waals surface area contributed by atoms with E-state index in [1.165, 1.54) is 0 Å². The Hall–Kier alpha value is -2.01. The number of hydrogen-bond acceptors (Lipinski definition) is 4. The molecule has 0 atom stereocenters. The SMILES string of the molecule is Cc1cccc(CN(C)c2cc(C)nc(C)c2C(N)=S)n1.